The van der Waals surface area contributed by atoms with Gasteiger partial charge in [-0.3, -0.25) is 4.79 Å². The Labute approximate surface area is 117 Å². The van der Waals surface area contributed by atoms with E-state index in [1.54, 1.807) is 13.0 Å². The Morgan fingerprint density at radius 2 is 2.00 bits per heavy atom. The maximum Gasteiger partial charge on any atom is 0.303 e. The number of hydrogen-bond acceptors (Lipinski definition) is 4. The number of aryl methyl sites for hydroxylation is 2. The van der Waals surface area contributed by atoms with Gasteiger partial charge in [-0.2, -0.15) is 0 Å². The lowest BCUT2D eigenvalue weighted by Gasteiger charge is -2.05. The van der Waals surface area contributed by atoms with Crippen molar-refractivity contribution in [2.45, 2.75) is 44.4 Å². The van der Waals surface area contributed by atoms with Gasteiger partial charge < -0.3 is 5.11 Å². The number of thiophene rings is 1. The minimum atomic E-state index is -3.43. The summed E-state index contributed by atoms with van der Waals surface area (Å²) in [5.74, 6) is -0.815. The van der Waals surface area contributed by atoms with Gasteiger partial charge in [-0.15, -0.1) is 11.3 Å². The van der Waals surface area contributed by atoms with Crippen LogP contribution < -0.4 is 4.72 Å². The topological polar surface area (TPSA) is 83.5 Å². The van der Waals surface area contributed by atoms with Crippen LogP contribution in [0.15, 0.2) is 11.0 Å². The second-order valence-electron chi connectivity index (χ2n) is 4.38. The van der Waals surface area contributed by atoms with Crippen LogP contribution >= 0.6 is 11.3 Å². The van der Waals surface area contributed by atoms with Gasteiger partial charge in [0.15, 0.2) is 0 Å². The molecule has 0 unspecified atom stereocenters. The highest BCUT2D eigenvalue weighted by atomic mass is 32.2. The van der Waals surface area contributed by atoms with Crippen LogP contribution in [0.1, 0.15) is 35.4 Å². The summed E-state index contributed by atoms with van der Waals surface area (Å²) in [4.78, 5) is 12.4. The van der Waals surface area contributed by atoms with Crippen molar-refractivity contribution in [3.05, 3.63) is 15.8 Å². The molecule has 19 heavy (non-hydrogen) atoms. The first-order valence-electron chi connectivity index (χ1n) is 6.11. The molecule has 0 radical (unpaired) electrons. The molecule has 0 bridgehead atoms. The zero-order valence-corrected chi connectivity index (χ0v) is 12.7. The van der Waals surface area contributed by atoms with Crippen molar-refractivity contribution < 1.29 is 18.3 Å². The predicted molar refractivity (Wildman–Crippen MR) is 75.1 cm³/mol. The Morgan fingerprint density at radius 1 is 1.32 bits per heavy atom. The van der Waals surface area contributed by atoms with Crippen LogP contribution in [-0.2, 0) is 14.8 Å². The molecule has 5 nitrogen and oxygen atoms in total. The fourth-order valence-electron chi connectivity index (χ4n) is 1.74. The average Bonchev–Trinajstić information content (AvgIpc) is 2.63. The number of carbonyl (C=O) groups is 1. The van der Waals surface area contributed by atoms with Crippen LogP contribution in [0.2, 0.25) is 0 Å². The van der Waals surface area contributed by atoms with E-state index < -0.39 is 16.0 Å². The highest BCUT2D eigenvalue weighted by Gasteiger charge is 2.18. The maximum absolute atomic E-state index is 12.0. The van der Waals surface area contributed by atoms with Crippen LogP contribution in [0, 0.1) is 13.8 Å². The van der Waals surface area contributed by atoms with Gasteiger partial charge >= 0.3 is 5.97 Å². The van der Waals surface area contributed by atoms with Crippen LogP contribution in [0.4, 0.5) is 0 Å². The number of carboxylic acids is 1. The third kappa shape index (κ3) is 5.30. The Kier molecular flexibility index (Phi) is 5.96. The number of unbranched alkanes of at least 4 members (excludes halogenated alkanes) is 2. The van der Waals surface area contributed by atoms with Crippen LogP contribution in [0.25, 0.3) is 0 Å². The Bertz CT molecular complexity index is 534. The van der Waals surface area contributed by atoms with E-state index in [0.717, 1.165) is 9.75 Å². The smallest absolute Gasteiger partial charge is 0.303 e. The van der Waals surface area contributed by atoms with E-state index in [1.165, 1.54) is 11.3 Å². The molecule has 0 aliphatic heterocycles. The molecule has 0 aromatic carbocycles. The molecule has 2 N–H and O–H groups in total. The third-order valence-electron chi connectivity index (χ3n) is 2.64. The highest BCUT2D eigenvalue weighted by molar-refractivity contribution is 7.89. The summed E-state index contributed by atoms with van der Waals surface area (Å²) in [5.41, 5.74) is 0. The summed E-state index contributed by atoms with van der Waals surface area (Å²) in [7, 11) is -3.43. The summed E-state index contributed by atoms with van der Waals surface area (Å²) in [6.45, 7) is 4.01. The lowest BCUT2D eigenvalue weighted by molar-refractivity contribution is -0.137. The molecule has 0 amide bonds. The minimum absolute atomic E-state index is 0.135. The molecular formula is C12H19NO4S2. The highest BCUT2D eigenvalue weighted by Crippen LogP contribution is 2.24. The van der Waals surface area contributed by atoms with Crippen molar-refractivity contribution in [1.82, 2.24) is 4.72 Å². The molecule has 0 saturated heterocycles. The molecule has 0 fully saturated rings. The first-order chi connectivity index (χ1) is 8.83. The molecule has 108 valence electrons. The van der Waals surface area contributed by atoms with Gasteiger partial charge in [0.05, 0.1) is 4.90 Å². The lowest BCUT2D eigenvalue weighted by atomic mass is 10.2. The van der Waals surface area contributed by atoms with Crippen LogP contribution in [0.3, 0.4) is 0 Å². The first-order valence-corrected chi connectivity index (χ1v) is 8.41. The molecule has 0 atom stereocenters. The van der Waals surface area contributed by atoms with E-state index in [1.807, 2.05) is 6.92 Å². The van der Waals surface area contributed by atoms with E-state index in [-0.39, 0.29) is 6.42 Å². The largest absolute Gasteiger partial charge is 0.481 e. The van der Waals surface area contributed by atoms with Crippen LogP contribution in [0.5, 0.6) is 0 Å². The summed E-state index contributed by atoms with van der Waals surface area (Å²) in [6, 6.07) is 1.67. The van der Waals surface area contributed by atoms with E-state index in [9.17, 15) is 13.2 Å². The van der Waals surface area contributed by atoms with Gasteiger partial charge in [0.2, 0.25) is 10.0 Å². The quantitative estimate of drug-likeness (QED) is 0.722. The lowest BCUT2D eigenvalue weighted by Crippen LogP contribution is -2.24. The summed E-state index contributed by atoms with van der Waals surface area (Å²) >= 11 is 1.46. The summed E-state index contributed by atoms with van der Waals surface area (Å²) in [5, 5.41) is 8.47. The van der Waals surface area contributed by atoms with Crippen molar-refractivity contribution in [2.24, 2.45) is 0 Å². The molecule has 0 aliphatic rings. The second kappa shape index (κ2) is 7.02. The molecule has 7 heteroatoms. The number of sulfonamides is 1. The van der Waals surface area contributed by atoms with E-state index in [4.69, 9.17) is 5.11 Å². The Balaban J connectivity index is 2.40. The number of nitrogens with one attached hydrogen (secondary N) is 1. The molecule has 1 aromatic heterocycles. The Morgan fingerprint density at radius 3 is 2.53 bits per heavy atom. The monoisotopic (exact) mass is 305 g/mol. The third-order valence-corrected chi connectivity index (χ3v) is 5.33. The van der Waals surface area contributed by atoms with Gasteiger partial charge in [0.1, 0.15) is 0 Å². The van der Waals surface area contributed by atoms with Crippen molar-refractivity contribution in [3.8, 4) is 0 Å². The van der Waals surface area contributed by atoms with Gasteiger partial charge in [-0.25, -0.2) is 13.1 Å². The fourth-order valence-corrected chi connectivity index (χ4v) is 4.36. The molecule has 0 saturated carbocycles. The van der Waals surface area contributed by atoms with Crippen molar-refractivity contribution >= 4 is 27.3 Å². The molecular weight excluding hydrogens is 286 g/mol. The van der Waals surface area contributed by atoms with Crippen LogP contribution in [-0.4, -0.2) is 26.0 Å². The molecule has 1 heterocycles. The van der Waals surface area contributed by atoms with Gasteiger partial charge in [-0.1, -0.05) is 6.42 Å². The van der Waals surface area contributed by atoms with Gasteiger partial charge in [0, 0.05) is 22.7 Å². The normalized spacial score (nSPS) is 11.7. The fraction of sp³-hybridized carbons (Fsp3) is 0.583. The molecule has 0 spiro atoms. The van der Waals surface area contributed by atoms with E-state index >= 15 is 0 Å². The van der Waals surface area contributed by atoms with Crippen molar-refractivity contribution in [2.75, 3.05) is 6.54 Å². The van der Waals surface area contributed by atoms with E-state index in [2.05, 4.69) is 4.72 Å². The van der Waals surface area contributed by atoms with Gasteiger partial charge in [0.25, 0.3) is 0 Å². The predicted octanol–water partition coefficient (Wildman–Crippen LogP) is 2.29. The average molecular weight is 305 g/mol. The zero-order valence-electron chi connectivity index (χ0n) is 11.1. The maximum atomic E-state index is 12.0. The first kappa shape index (κ1) is 16.1. The van der Waals surface area contributed by atoms with E-state index in [0.29, 0.717) is 30.7 Å². The number of rotatable bonds is 8. The SMILES string of the molecule is Cc1cc(S(=O)(=O)NCCCCCC(=O)O)c(C)s1. The second-order valence-corrected chi connectivity index (χ2v) is 7.58. The number of aliphatic carboxylic acids is 1. The number of carboxylic acid groups (broad SMARTS) is 1. The summed E-state index contributed by atoms with van der Waals surface area (Å²) < 4.78 is 26.6. The number of hydrogen-bond donors (Lipinski definition) is 2. The molecule has 0 aliphatic carbocycles. The minimum Gasteiger partial charge on any atom is -0.481 e. The molecule has 1 aromatic rings. The zero-order chi connectivity index (χ0) is 14.5. The van der Waals surface area contributed by atoms with Crippen molar-refractivity contribution in [3.63, 3.8) is 0 Å². The standard InChI is InChI=1S/C12H19NO4S2/c1-9-8-11(10(2)18-9)19(16,17)13-7-5-3-4-6-12(14)15/h8,13H,3-7H2,1-2H3,(H,14,15). The Hall–Kier alpha value is -0.920. The summed E-state index contributed by atoms with van der Waals surface area (Å²) in [6.07, 6.45) is 2.06. The van der Waals surface area contributed by atoms with Gasteiger partial charge in [-0.05, 0) is 32.8 Å². The molecule has 1 rings (SSSR count). The van der Waals surface area contributed by atoms with Crippen molar-refractivity contribution in [1.29, 1.82) is 0 Å².